The molecule has 4 nitrogen and oxygen atoms in total. The number of hydrogen-bond acceptors (Lipinski definition) is 4. The van der Waals surface area contributed by atoms with E-state index in [1.54, 1.807) is 11.3 Å². The number of likely N-dealkylation sites (tertiary alicyclic amines) is 1. The summed E-state index contributed by atoms with van der Waals surface area (Å²) >= 11 is 1.72. The van der Waals surface area contributed by atoms with Crippen molar-refractivity contribution in [3.63, 3.8) is 0 Å². The lowest BCUT2D eigenvalue weighted by Crippen LogP contribution is -2.44. The number of piperidine rings is 1. The van der Waals surface area contributed by atoms with E-state index in [0.29, 0.717) is 12.6 Å². The van der Waals surface area contributed by atoms with E-state index in [0.717, 1.165) is 30.1 Å². The summed E-state index contributed by atoms with van der Waals surface area (Å²) in [5.74, 6) is 0.275. The van der Waals surface area contributed by atoms with Gasteiger partial charge in [0, 0.05) is 23.4 Å². The number of carbonyl (C=O) groups is 1. The van der Waals surface area contributed by atoms with Gasteiger partial charge in [-0.1, -0.05) is 20.8 Å². The van der Waals surface area contributed by atoms with Crippen LogP contribution in [0.1, 0.15) is 69.6 Å². The average Bonchev–Trinajstić information content (AvgIpc) is 3.23. The molecule has 0 bridgehead atoms. The Balaban J connectivity index is 1.72. The molecule has 1 aromatic heterocycles. The van der Waals surface area contributed by atoms with E-state index in [2.05, 4.69) is 43.0 Å². The molecule has 1 atom stereocenters. The molecule has 1 aliphatic carbocycles. The highest BCUT2D eigenvalue weighted by atomic mass is 32.1. The van der Waals surface area contributed by atoms with Gasteiger partial charge in [-0.15, -0.1) is 11.3 Å². The van der Waals surface area contributed by atoms with Gasteiger partial charge >= 0.3 is 0 Å². The first-order chi connectivity index (χ1) is 10.9. The van der Waals surface area contributed by atoms with E-state index in [1.807, 2.05) is 0 Å². The standard InChI is InChI=1S/C18H29N3OS/c1-18(2,3)15-12-23-17(19-15)14-7-5-6-10-21(14)16(22)11-20(4)13-8-9-13/h12-14H,5-11H2,1-4H3. The minimum absolute atomic E-state index is 0.0739. The van der Waals surface area contributed by atoms with Gasteiger partial charge in [0.1, 0.15) is 5.01 Å². The van der Waals surface area contributed by atoms with Gasteiger partial charge in [-0.2, -0.15) is 0 Å². The predicted molar refractivity (Wildman–Crippen MR) is 94.8 cm³/mol. The highest BCUT2D eigenvalue weighted by Gasteiger charge is 2.33. The molecule has 128 valence electrons. The summed E-state index contributed by atoms with van der Waals surface area (Å²) in [6, 6.07) is 0.819. The summed E-state index contributed by atoms with van der Waals surface area (Å²) < 4.78 is 0. The Morgan fingerprint density at radius 2 is 2.09 bits per heavy atom. The summed E-state index contributed by atoms with van der Waals surface area (Å²) in [7, 11) is 2.08. The molecule has 5 heteroatoms. The van der Waals surface area contributed by atoms with Gasteiger partial charge in [0.25, 0.3) is 0 Å². The quantitative estimate of drug-likeness (QED) is 0.844. The van der Waals surface area contributed by atoms with E-state index in [1.165, 1.54) is 19.3 Å². The molecule has 0 N–H and O–H groups in total. The van der Waals surface area contributed by atoms with E-state index in [-0.39, 0.29) is 17.4 Å². The molecule has 0 radical (unpaired) electrons. The zero-order valence-electron chi connectivity index (χ0n) is 14.8. The first-order valence-electron chi connectivity index (χ1n) is 8.82. The Kier molecular flexibility index (Phi) is 4.79. The highest BCUT2D eigenvalue weighted by molar-refractivity contribution is 7.09. The van der Waals surface area contributed by atoms with Gasteiger partial charge in [-0.25, -0.2) is 4.98 Å². The first-order valence-corrected chi connectivity index (χ1v) is 9.70. The Labute approximate surface area is 143 Å². The molecule has 1 aliphatic heterocycles. The maximum atomic E-state index is 12.8. The second-order valence-electron chi connectivity index (χ2n) is 8.07. The molecule has 1 saturated heterocycles. The highest BCUT2D eigenvalue weighted by Crippen LogP contribution is 2.35. The molecule has 23 heavy (non-hydrogen) atoms. The SMILES string of the molecule is CN(CC(=O)N1CCCCC1c1nc(C(C)(C)C)cs1)C1CC1. The Hall–Kier alpha value is -0.940. The maximum Gasteiger partial charge on any atom is 0.237 e. The molecule has 2 fully saturated rings. The van der Waals surface area contributed by atoms with Crippen molar-refractivity contribution < 1.29 is 4.79 Å². The van der Waals surface area contributed by atoms with Crippen molar-refractivity contribution in [2.75, 3.05) is 20.1 Å². The largest absolute Gasteiger partial charge is 0.332 e. The fourth-order valence-corrected chi connectivity index (χ4v) is 4.41. The van der Waals surface area contributed by atoms with Crippen LogP contribution in [0.5, 0.6) is 0 Å². The number of hydrogen-bond donors (Lipinski definition) is 0. The molecule has 1 saturated carbocycles. The first kappa shape index (κ1) is 16.9. The molecule has 1 amide bonds. The predicted octanol–water partition coefficient (Wildman–Crippen LogP) is 3.59. The topological polar surface area (TPSA) is 36.4 Å². The third kappa shape index (κ3) is 3.94. The summed E-state index contributed by atoms with van der Waals surface area (Å²) in [5.41, 5.74) is 1.22. The van der Waals surface area contributed by atoms with Crippen molar-refractivity contribution >= 4 is 17.2 Å². The summed E-state index contributed by atoms with van der Waals surface area (Å²) in [4.78, 5) is 22.0. The van der Waals surface area contributed by atoms with E-state index < -0.39 is 0 Å². The Morgan fingerprint density at radius 1 is 1.35 bits per heavy atom. The van der Waals surface area contributed by atoms with Crippen LogP contribution < -0.4 is 0 Å². The minimum Gasteiger partial charge on any atom is -0.332 e. The van der Waals surface area contributed by atoms with E-state index in [9.17, 15) is 4.79 Å². The fourth-order valence-electron chi connectivity index (χ4n) is 3.22. The van der Waals surface area contributed by atoms with Crippen molar-refractivity contribution in [3.8, 4) is 0 Å². The molecule has 3 rings (SSSR count). The van der Waals surface area contributed by atoms with Crippen LogP contribution in [0.15, 0.2) is 5.38 Å². The van der Waals surface area contributed by atoms with Crippen LogP contribution in [0, 0.1) is 0 Å². The van der Waals surface area contributed by atoms with Crippen LogP contribution in [0.2, 0.25) is 0 Å². The third-order valence-corrected chi connectivity index (χ3v) is 5.90. The molecule has 2 aliphatic rings. The fraction of sp³-hybridized carbons (Fsp3) is 0.778. The normalized spacial score (nSPS) is 22.7. The van der Waals surface area contributed by atoms with Crippen molar-refractivity contribution in [2.45, 2.75) is 70.4 Å². The number of rotatable bonds is 4. The summed E-state index contributed by atoms with van der Waals surface area (Å²) in [6.45, 7) is 8.02. The number of thiazole rings is 1. The number of nitrogens with zero attached hydrogens (tertiary/aromatic N) is 3. The van der Waals surface area contributed by atoms with Crippen LogP contribution in [0.25, 0.3) is 0 Å². The lowest BCUT2D eigenvalue weighted by molar-refractivity contribution is -0.136. The second kappa shape index (κ2) is 6.52. The molecule has 2 heterocycles. The molecule has 1 unspecified atom stereocenters. The van der Waals surface area contributed by atoms with Gasteiger partial charge in [0.05, 0.1) is 18.3 Å². The van der Waals surface area contributed by atoms with Crippen molar-refractivity contribution in [1.29, 1.82) is 0 Å². The Morgan fingerprint density at radius 3 is 2.70 bits per heavy atom. The van der Waals surface area contributed by atoms with Gasteiger partial charge in [-0.3, -0.25) is 9.69 Å². The molecular formula is C18H29N3OS. The number of aromatic nitrogens is 1. The van der Waals surface area contributed by atoms with Crippen LogP contribution >= 0.6 is 11.3 Å². The lowest BCUT2D eigenvalue weighted by Gasteiger charge is -2.35. The van der Waals surface area contributed by atoms with Gasteiger partial charge in [-0.05, 0) is 39.2 Å². The van der Waals surface area contributed by atoms with Crippen molar-refractivity contribution in [3.05, 3.63) is 16.1 Å². The molecule has 0 spiro atoms. The summed E-state index contributed by atoms with van der Waals surface area (Å²) in [5, 5.41) is 3.29. The van der Waals surface area contributed by atoms with Gasteiger partial charge in [0.15, 0.2) is 0 Å². The smallest absolute Gasteiger partial charge is 0.237 e. The van der Waals surface area contributed by atoms with Crippen molar-refractivity contribution in [2.24, 2.45) is 0 Å². The molecular weight excluding hydrogens is 306 g/mol. The Bertz CT molecular complexity index is 559. The van der Waals surface area contributed by atoms with E-state index in [4.69, 9.17) is 4.98 Å². The second-order valence-corrected chi connectivity index (χ2v) is 8.96. The van der Waals surface area contributed by atoms with Gasteiger partial charge < -0.3 is 4.90 Å². The lowest BCUT2D eigenvalue weighted by atomic mass is 9.93. The number of likely N-dealkylation sites (N-methyl/N-ethyl adjacent to an activating group) is 1. The van der Waals surface area contributed by atoms with E-state index >= 15 is 0 Å². The number of amides is 1. The zero-order valence-corrected chi connectivity index (χ0v) is 15.7. The van der Waals surface area contributed by atoms with Crippen LogP contribution in [0.3, 0.4) is 0 Å². The van der Waals surface area contributed by atoms with Crippen LogP contribution in [0.4, 0.5) is 0 Å². The monoisotopic (exact) mass is 335 g/mol. The summed E-state index contributed by atoms with van der Waals surface area (Å²) in [6.07, 6.45) is 5.85. The van der Waals surface area contributed by atoms with Crippen molar-refractivity contribution in [1.82, 2.24) is 14.8 Å². The number of carbonyl (C=O) groups excluding carboxylic acids is 1. The van der Waals surface area contributed by atoms with Gasteiger partial charge in [0.2, 0.25) is 5.91 Å². The third-order valence-electron chi connectivity index (χ3n) is 4.95. The zero-order chi connectivity index (χ0) is 16.6. The average molecular weight is 336 g/mol. The maximum absolute atomic E-state index is 12.8. The van der Waals surface area contributed by atoms with Crippen LogP contribution in [-0.4, -0.2) is 46.9 Å². The molecule has 1 aromatic rings. The minimum atomic E-state index is 0.0739. The molecule has 0 aromatic carbocycles. The van der Waals surface area contributed by atoms with Crippen LogP contribution in [-0.2, 0) is 10.2 Å².